The lowest BCUT2D eigenvalue weighted by Crippen LogP contribution is -2.32. The highest BCUT2D eigenvalue weighted by molar-refractivity contribution is 5.92. The van der Waals surface area contributed by atoms with E-state index in [-0.39, 0.29) is 0 Å². The lowest BCUT2D eigenvalue weighted by atomic mass is 9.87. The number of aryl methyl sites for hydroxylation is 2. The van der Waals surface area contributed by atoms with Gasteiger partial charge in [-0.05, 0) is 86.1 Å². The van der Waals surface area contributed by atoms with Gasteiger partial charge in [-0.1, -0.05) is 25.1 Å². The van der Waals surface area contributed by atoms with E-state index in [0.717, 1.165) is 36.5 Å². The number of hydrogen-bond acceptors (Lipinski definition) is 4. The van der Waals surface area contributed by atoms with Crippen LogP contribution in [0.25, 0.3) is 27.7 Å². The Labute approximate surface area is 205 Å². The van der Waals surface area contributed by atoms with Crippen LogP contribution in [-0.2, 0) is 13.6 Å². The molecule has 5 heterocycles. The van der Waals surface area contributed by atoms with E-state index in [1.165, 1.54) is 46.1 Å². The molecular formula is C28H33N7. The molecule has 0 bridgehead atoms. The Balaban J connectivity index is 1.29. The van der Waals surface area contributed by atoms with E-state index in [1.807, 2.05) is 35.6 Å². The van der Waals surface area contributed by atoms with Gasteiger partial charge in [-0.3, -0.25) is 9.58 Å². The summed E-state index contributed by atoms with van der Waals surface area (Å²) in [5, 5.41) is 14.3. The summed E-state index contributed by atoms with van der Waals surface area (Å²) in [6.07, 6.45) is 6.42. The average molecular weight is 468 g/mol. The summed E-state index contributed by atoms with van der Waals surface area (Å²) in [6.45, 7) is 9.77. The minimum Gasteiger partial charge on any atom is -0.354 e. The molecule has 1 aliphatic heterocycles. The first-order valence-electron chi connectivity index (χ1n) is 12.6. The van der Waals surface area contributed by atoms with Crippen LogP contribution in [0, 0.1) is 6.92 Å². The first kappa shape index (κ1) is 22.0. The second-order valence-corrected chi connectivity index (χ2v) is 10.3. The Hall–Kier alpha value is -3.45. The molecule has 4 aromatic heterocycles. The van der Waals surface area contributed by atoms with Gasteiger partial charge in [0.15, 0.2) is 0 Å². The molecule has 0 amide bonds. The predicted molar refractivity (Wildman–Crippen MR) is 140 cm³/mol. The number of nitrogens with zero attached hydrogens (tertiary/aromatic N) is 6. The molecule has 1 aliphatic rings. The smallest absolute Gasteiger partial charge is 0.0900 e. The Morgan fingerprint density at radius 2 is 1.89 bits per heavy atom. The molecule has 0 atom stereocenters. The SMILES string of the molecule is Cc1nnn2ccc(-c3[nH]c4ccc(C5CCN(Cc6ccn(C)n6)CC5)cc4c3C(C)C)cc12. The maximum Gasteiger partial charge on any atom is 0.0900 e. The van der Waals surface area contributed by atoms with Crippen LogP contribution in [-0.4, -0.2) is 47.6 Å². The zero-order valence-electron chi connectivity index (χ0n) is 21.0. The number of rotatable bonds is 5. The monoisotopic (exact) mass is 467 g/mol. The second-order valence-electron chi connectivity index (χ2n) is 10.3. The summed E-state index contributed by atoms with van der Waals surface area (Å²) in [7, 11) is 1.98. The third kappa shape index (κ3) is 4.04. The van der Waals surface area contributed by atoms with Crippen molar-refractivity contribution in [3.8, 4) is 11.3 Å². The molecule has 0 radical (unpaired) electrons. The van der Waals surface area contributed by atoms with Gasteiger partial charge >= 0.3 is 0 Å². The van der Waals surface area contributed by atoms with Crippen LogP contribution >= 0.6 is 0 Å². The molecule has 180 valence electrons. The highest BCUT2D eigenvalue weighted by Gasteiger charge is 2.23. The normalized spacial score (nSPS) is 15.7. The van der Waals surface area contributed by atoms with E-state index in [2.05, 4.69) is 75.5 Å². The highest BCUT2D eigenvalue weighted by atomic mass is 15.4. The molecule has 1 N–H and O–H groups in total. The lowest BCUT2D eigenvalue weighted by Gasteiger charge is -2.31. The molecule has 1 saturated heterocycles. The van der Waals surface area contributed by atoms with E-state index in [0.29, 0.717) is 11.8 Å². The van der Waals surface area contributed by atoms with Crippen LogP contribution in [0.15, 0.2) is 48.8 Å². The van der Waals surface area contributed by atoms with E-state index in [4.69, 9.17) is 0 Å². The number of piperidine rings is 1. The molecular weight excluding hydrogens is 434 g/mol. The number of hydrogen-bond donors (Lipinski definition) is 1. The fourth-order valence-corrected chi connectivity index (χ4v) is 5.68. The lowest BCUT2D eigenvalue weighted by molar-refractivity contribution is 0.202. The maximum atomic E-state index is 4.55. The molecule has 7 nitrogen and oxygen atoms in total. The van der Waals surface area contributed by atoms with E-state index >= 15 is 0 Å². The number of pyridine rings is 1. The number of likely N-dealkylation sites (tertiary alicyclic amines) is 1. The average Bonchev–Trinajstić information content (AvgIpc) is 3.55. The summed E-state index contributed by atoms with van der Waals surface area (Å²) >= 11 is 0. The molecule has 7 heteroatoms. The number of benzene rings is 1. The van der Waals surface area contributed by atoms with Crippen molar-refractivity contribution in [2.45, 2.75) is 52.0 Å². The van der Waals surface area contributed by atoms with Crippen molar-refractivity contribution in [1.29, 1.82) is 0 Å². The van der Waals surface area contributed by atoms with Gasteiger partial charge in [-0.25, -0.2) is 4.52 Å². The first-order valence-corrected chi connectivity index (χ1v) is 12.6. The van der Waals surface area contributed by atoms with Crippen LogP contribution in [0.1, 0.15) is 61.0 Å². The van der Waals surface area contributed by atoms with Gasteiger partial charge in [0.1, 0.15) is 0 Å². The standard InChI is InChI=1S/C28H33N7/c1-18(2)27-24-15-21(20-7-12-34(13-8-20)17-23-10-11-33(4)31-23)5-6-25(24)29-28(27)22-9-14-35-26(16-22)19(3)30-32-35/h5-6,9-11,14-16,18,20,29H,7-8,12-13,17H2,1-4H3. The van der Waals surface area contributed by atoms with Gasteiger partial charge in [0.05, 0.1) is 22.6 Å². The topological polar surface area (TPSA) is 67.0 Å². The third-order valence-corrected chi connectivity index (χ3v) is 7.54. The van der Waals surface area contributed by atoms with Crippen molar-refractivity contribution < 1.29 is 0 Å². The molecule has 6 rings (SSSR count). The molecule has 35 heavy (non-hydrogen) atoms. The molecule has 0 aliphatic carbocycles. The summed E-state index contributed by atoms with van der Waals surface area (Å²) in [6, 6.07) is 13.5. The number of H-pyrrole nitrogens is 1. The van der Waals surface area contributed by atoms with E-state index < -0.39 is 0 Å². The van der Waals surface area contributed by atoms with E-state index in [1.54, 1.807) is 0 Å². The largest absolute Gasteiger partial charge is 0.354 e. The number of aromatic nitrogens is 6. The van der Waals surface area contributed by atoms with Crippen molar-refractivity contribution in [2.75, 3.05) is 13.1 Å². The molecule has 0 unspecified atom stereocenters. The number of fused-ring (bicyclic) bond motifs is 2. The highest BCUT2D eigenvalue weighted by Crippen LogP contribution is 2.38. The first-order chi connectivity index (χ1) is 17.0. The van der Waals surface area contributed by atoms with Gasteiger partial charge in [0.25, 0.3) is 0 Å². The van der Waals surface area contributed by atoms with Gasteiger partial charge in [-0.2, -0.15) is 5.10 Å². The zero-order chi connectivity index (χ0) is 24.1. The van der Waals surface area contributed by atoms with Crippen LogP contribution < -0.4 is 0 Å². The quantitative estimate of drug-likeness (QED) is 0.375. The predicted octanol–water partition coefficient (Wildman–Crippen LogP) is 5.42. The minimum absolute atomic E-state index is 0.412. The van der Waals surface area contributed by atoms with Crippen molar-refractivity contribution in [3.63, 3.8) is 0 Å². The molecule has 1 fully saturated rings. The van der Waals surface area contributed by atoms with Gasteiger partial charge in [0, 0.05) is 42.5 Å². The molecule has 0 saturated carbocycles. The Bertz CT molecular complexity index is 1490. The van der Waals surface area contributed by atoms with Gasteiger partial charge < -0.3 is 4.98 Å². The summed E-state index contributed by atoms with van der Waals surface area (Å²) in [5.41, 5.74) is 9.63. The summed E-state index contributed by atoms with van der Waals surface area (Å²) in [4.78, 5) is 6.27. The number of aromatic amines is 1. The Morgan fingerprint density at radius 1 is 1.06 bits per heavy atom. The van der Waals surface area contributed by atoms with Crippen LogP contribution in [0.5, 0.6) is 0 Å². The summed E-state index contributed by atoms with van der Waals surface area (Å²) in [5.74, 6) is 1.02. The van der Waals surface area contributed by atoms with Crippen LogP contribution in [0.4, 0.5) is 0 Å². The fraction of sp³-hybridized carbons (Fsp3) is 0.393. The van der Waals surface area contributed by atoms with Crippen molar-refractivity contribution in [2.24, 2.45) is 7.05 Å². The zero-order valence-corrected chi connectivity index (χ0v) is 21.0. The molecule has 0 spiro atoms. The van der Waals surface area contributed by atoms with Gasteiger partial charge in [-0.15, -0.1) is 5.10 Å². The van der Waals surface area contributed by atoms with Crippen LogP contribution in [0.3, 0.4) is 0 Å². The van der Waals surface area contributed by atoms with Crippen molar-refractivity contribution >= 4 is 16.4 Å². The maximum absolute atomic E-state index is 4.55. The minimum atomic E-state index is 0.412. The second kappa shape index (κ2) is 8.64. The van der Waals surface area contributed by atoms with Gasteiger partial charge in [0.2, 0.25) is 0 Å². The van der Waals surface area contributed by atoms with Crippen molar-refractivity contribution in [1.82, 2.24) is 34.5 Å². The fourth-order valence-electron chi connectivity index (χ4n) is 5.68. The molecule has 5 aromatic rings. The number of nitrogens with one attached hydrogen (secondary N) is 1. The van der Waals surface area contributed by atoms with Crippen LogP contribution in [0.2, 0.25) is 0 Å². The summed E-state index contributed by atoms with van der Waals surface area (Å²) < 4.78 is 3.73. The molecule has 1 aromatic carbocycles. The van der Waals surface area contributed by atoms with E-state index in [9.17, 15) is 0 Å². The Kier molecular flexibility index (Phi) is 5.44. The third-order valence-electron chi connectivity index (χ3n) is 7.54. The van der Waals surface area contributed by atoms with Crippen molar-refractivity contribution in [3.05, 3.63) is 71.3 Å². The Morgan fingerprint density at radius 3 is 2.63 bits per heavy atom.